The zero-order valence-electron chi connectivity index (χ0n) is 8.02. The van der Waals surface area contributed by atoms with E-state index in [2.05, 4.69) is 25.2 Å². The van der Waals surface area contributed by atoms with Crippen LogP contribution < -0.4 is 5.32 Å². The van der Waals surface area contributed by atoms with Gasteiger partial charge in [-0.2, -0.15) is 0 Å². The Hall–Kier alpha value is -0.690. The second-order valence-electron chi connectivity index (χ2n) is 3.80. The normalized spacial score (nSPS) is 20.7. The number of hydrogen-bond acceptors (Lipinski definition) is 1. The molecule has 1 nitrogen and oxygen atoms in total. The molecule has 0 saturated carbocycles. The lowest BCUT2D eigenvalue weighted by Crippen LogP contribution is -2.15. The zero-order valence-corrected chi connectivity index (χ0v) is 8.78. The lowest BCUT2D eigenvalue weighted by atomic mass is 9.91. The van der Waals surface area contributed by atoms with Crippen LogP contribution in [0.2, 0.25) is 5.02 Å². The van der Waals surface area contributed by atoms with Crippen molar-refractivity contribution in [3.05, 3.63) is 28.3 Å². The van der Waals surface area contributed by atoms with Crippen molar-refractivity contribution in [3.8, 4) is 0 Å². The molecule has 0 fully saturated rings. The van der Waals surface area contributed by atoms with E-state index in [1.165, 1.54) is 23.2 Å². The quantitative estimate of drug-likeness (QED) is 0.668. The summed E-state index contributed by atoms with van der Waals surface area (Å²) in [5.41, 5.74) is 3.92. The van der Waals surface area contributed by atoms with Crippen LogP contribution in [0.4, 0.5) is 5.69 Å². The summed E-state index contributed by atoms with van der Waals surface area (Å²) in [7, 11) is 0. The van der Waals surface area contributed by atoms with Crippen LogP contribution in [0.1, 0.15) is 30.4 Å². The van der Waals surface area contributed by atoms with Crippen molar-refractivity contribution in [2.45, 2.75) is 26.2 Å². The smallest absolute Gasteiger partial charge is 0.0412 e. The fourth-order valence-electron chi connectivity index (χ4n) is 1.97. The number of rotatable bonds is 0. The molecule has 1 aliphatic heterocycles. The maximum atomic E-state index is 6.02. The Morgan fingerprint density at radius 2 is 2.23 bits per heavy atom. The van der Waals surface area contributed by atoms with Crippen molar-refractivity contribution in [1.82, 2.24) is 0 Å². The van der Waals surface area contributed by atoms with E-state index in [4.69, 9.17) is 11.6 Å². The Bertz CT molecular complexity index is 333. The van der Waals surface area contributed by atoms with Gasteiger partial charge in [-0.05, 0) is 42.5 Å². The Morgan fingerprint density at radius 3 is 3.00 bits per heavy atom. The third kappa shape index (κ3) is 1.53. The molecule has 0 aliphatic carbocycles. The van der Waals surface area contributed by atoms with Crippen molar-refractivity contribution in [2.24, 2.45) is 0 Å². The van der Waals surface area contributed by atoms with Gasteiger partial charge in [0.15, 0.2) is 0 Å². The summed E-state index contributed by atoms with van der Waals surface area (Å²) in [6.07, 6.45) is 1.20. The molecule has 1 atom stereocenters. The number of aryl methyl sites for hydroxylation is 1. The van der Waals surface area contributed by atoms with Gasteiger partial charge in [0, 0.05) is 17.3 Å². The third-order valence-electron chi connectivity index (χ3n) is 2.74. The Morgan fingerprint density at radius 1 is 1.46 bits per heavy atom. The van der Waals surface area contributed by atoms with Gasteiger partial charge in [0.2, 0.25) is 0 Å². The summed E-state index contributed by atoms with van der Waals surface area (Å²) in [4.78, 5) is 0. The highest BCUT2D eigenvalue weighted by Crippen LogP contribution is 2.35. The molecule has 1 N–H and O–H groups in total. The van der Waals surface area contributed by atoms with E-state index in [1.54, 1.807) is 0 Å². The van der Waals surface area contributed by atoms with Crippen molar-refractivity contribution in [2.75, 3.05) is 11.9 Å². The van der Waals surface area contributed by atoms with Crippen LogP contribution in [-0.2, 0) is 0 Å². The molecule has 2 heteroatoms. The molecule has 0 saturated heterocycles. The number of anilines is 1. The summed E-state index contributed by atoms with van der Waals surface area (Å²) >= 11 is 6.02. The van der Waals surface area contributed by atoms with Gasteiger partial charge in [-0.25, -0.2) is 0 Å². The first-order chi connectivity index (χ1) is 6.18. The first-order valence-corrected chi connectivity index (χ1v) is 5.10. The molecule has 2 rings (SSSR count). The van der Waals surface area contributed by atoms with Gasteiger partial charge in [-0.3, -0.25) is 0 Å². The van der Waals surface area contributed by atoms with Crippen molar-refractivity contribution >= 4 is 17.3 Å². The summed E-state index contributed by atoms with van der Waals surface area (Å²) in [6.45, 7) is 5.45. The largest absolute Gasteiger partial charge is 0.385 e. The standard InChI is InChI=1S/C11H14ClN/c1-7-3-4-13-11-8(2)5-9(12)6-10(7)11/h5-7,13H,3-4H2,1-2H3/t7-/m1/s1. The monoisotopic (exact) mass is 195 g/mol. The summed E-state index contributed by atoms with van der Waals surface area (Å²) in [6, 6.07) is 4.10. The average Bonchev–Trinajstić information content (AvgIpc) is 2.07. The van der Waals surface area contributed by atoms with Gasteiger partial charge in [-0.15, -0.1) is 0 Å². The maximum absolute atomic E-state index is 6.02. The number of fused-ring (bicyclic) bond motifs is 1. The highest BCUT2D eigenvalue weighted by molar-refractivity contribution is 6.30. The van der Waals surface area contributed by atoms with Crippen LogP contribution >= 0.6 is 11.6 Å². The van der Waals surface area contributed by atoms with E-state index in [-0.39, 0.29) is 0 Å². The molecule has 1 heterocycles. The van der Waals surface area contributed by atoms with E-state index in [1.807, 2.05) is 6.07 Å². The number of benzene rings is 1. The minimum atomic E-state index is 0.633. The van der Waals surface area contributed by atoms with E-state index >= 15 is 0 Å². The van der Waals surface area contributed by atoms with Crippen molar-refractivity contribution < 1.29 is 0 Å². The third-order valence-corrected chi connectivity index (χ3v) is 2.96. The lowest BCUT2D eigenvalue weighted by Gasteiger charge is -2.25. The summed E-state index contributed by atoms with van der Waals surface area (Å²) < 4.78 is 0. The van der Waals surface area contributed by atoms with Gasteiger partial charge in [0.05, 0.1) is 0 Å². The van der Waals surface area contributed by atoms with Gasteiger partial charge in [-0.1, -0.05) is 18.5 Å². The van der Waals surface area contributed by atoms with Crippen LogP contribution in [-0.4, -0.2) is 6.54 Å². The molecule has 0 spiro atoms. The minimum absolute atomic E-state index is 0.633. The van der Waals surface area contributed by atoms with Crippen LogP contribution in [0.5, 0.6) is 0 Å². The van der Waals surface area contributed by atoms with Gasteiger partial charge < -0.3 is 5.32 Å². The Labute approximate surface area is 84.1 Å². The molecule has 1 aliphatic rings. The first-order valence-electron chi connectivity index (χ1n) is 4.72. The maximum Gasteiger partial charge on any atom is 0.0412 e. The molecular formula is C11H14ClN. The topological polar surface area (TPSA) is 12.0 Å². The molecule has 1 aromatic rings. The lowest BCUT2D eigenvalue weighted by molar-refractivity contribution is 0.682. The van der Waals surface area contributed by atoms with Crippen LogP contribution in [0.15, 0.2) is 12.1 Å². The molecular weight excluding hydrogens is 182 g/mol. The second-order valence-corrected chi connectivity index (χ2v) is 4.24. The average molecular weight is 196 g/mol. The molecule has 0 bridgehead atoms. The number of halogens is 1. The number of hydrogen-bond donors (Lipinski definition) is 1. The van der Waals surface area contributed by atoms with Crippen molar-refractivity contribution in [3.63, 3.8) is 0 Å². The predicted octanol–water partition coefficient (Wildman–Crippen LogP) is 3.57. The van der Waals surface area contributed by atoms with Gasteiger partial charge in [0.25, 0.3) is 0 Å². The van der Waals surface area contributed by atoms with Crippen LogP contribution in [0.25, 0.3) is 0 Å². The van der Waals surface area contributed by atoms with E-state index in [0.717, 1.165) is 11.6 Å². The Balaban J connectivity index is 2.56. The SMILES string of the molecule is Cc1cc(Cl)cc2c1NCC[C@H]2C. The molecule has 0 amide bonds. The molecule has 0 radical (unpaired) electrons. The van der Waals surface area contributed by atoms with Crippen LogP contribution in [0, 0.1) is 6.92 Å². The van der Waals surface area contributed by atoms with E-state index < -0.39 is 0 Å². The zero-order chi connectivity index (χ0) is 9.42. The molecule has 0 aromatic heterocycles. The molecule has 0 unspecified atom stereocenters. The molecule has 70 valence electrons. The highest BCUT2D eigenvalue weighted by atomic mass is 35.5. The fraction of sp³-hybridized carbons (Fsp3) is 0.455. The van der Waals surface area contributed by atoms with Crippen LogP contribution in [0.3, 0.4) is 0 Å². The van der Waals surface area contributed by atoms with E-state index in [9.17, 15) is 0 Å². The summed E-state index contributed by atoms with van der Waals surface area (Å²) in [5, 5.41) is 4.28. The fourth-order valence-corrected chi connectivity index (χ4v) is 2.25. The predicted molar refractivity (Wildman–Crippen MR) is 57.7 cm³/mol. The Kier molecular flexibility index (Phi) is 2.20. The first kappa shape index (κ1) is 8.89. The molecule has 13 heavy (non-hydrogen) atoms. The second kappa shape index (κ2) is 3.22. The van der Waals surface area contributed by atoms with Gasteiger partial charge >= 0.3 is 0 Å². The molecule has 1 aromatic carbocycles. The van der Waals surface area contributed by atoms with Gasteiger partial charge in [0.1, 0.15) is 0 Å². The summed E-state index contributed by atoms with van der Waals surface area (Å²) in [5.74, 6) is 0.633. The minimum Gasteiger partial charge on any atom is -0.385 e. The number of nitrogens with one attached hydrogen (secondary N) is 1. The highest BCUT2D eigenvalue weighted by Gasteiger charge is 2.17. The van der Waals surface area contributed by atoms with Crippen molar-refractivity contribution in [1.29, 1.82) is 0 Å². The van der Waals surface area contributed by atoms with E-state index in [0.29, 0.717) is 5.92 Å².